The highest BCUT2D eigenvalue weighted by molar-refractivity contribution is 5.71. The Balaban J connectivity index is 1.83. The molecule has 2 N–H and O–H groups in total. The summed E-state index contributed by atoms with van der Waals surface area (Å²) in [5, 5.41) is 10.6. The minimum absolute atomic E-state index is 0.509. The summed E-state index contributed by atoms with van der Waals surface area (Å²) >= 11 is 0. The first kappa shape index (κ1) is 10.3. The minimum Gasteiger partial charge on any atom is -0.379 e. The van der Waals surface area contributed by atoms with Crippen molar-refractivity contribution in [2.24, 2.45) is 5.92 Å². The fourth-order valence-corrected chi connectivity index (χ4v) is 2.06. The van der Waals surface area contributed by atoms with E-state index in [4.69, 9.17) is 0 Å². The highest BCUT2D eigenvalue weighted by Crippen LogP contribution is 2.35. The third-order valence-corrected chi connectivity index (χ3v) is 3.27. The Kier molecular flexibility index (Phi) is 2.55. The fraction of sp³-hybridized carbons (Fsp3) is 0.385. The molecule has 0 spiro atoms. The van der Waals surface area contributed by atoms with Gasteiger partial charge in [0, 0.05) is 12.2 Å². The van der Waals surface area contributed by atoms with Gasteiger partial charge in [-0.1, -0.05) is 6.07 Å². The van der Waals surface area contributed by atoms with Crippen LogP contribution in [0.1, 0.15) is 19.8 Å². The number of hydrogen-bond acceptors (Lipinski definition) is 3. The van der Waals surface area contributed by atoms with E-state index >= 15 is 0 Å². The molecule has 0 saturated heterocycles. The quantitative estimate of drug-likeness (QED) is 0.846. The molecule has 3 rings (SSSR count). The maximum absolute atomic E-state index is 4.34. The van der Waals surface area contributed by atoms with Crippen LogP contribution in [-0.4, -0.2) is 21.2 Å². The van der Waals surface area contributed by atoms with Gasteiger partial charge in [0.2, 0.25) is 0 Å². The summed E-state index contributed by atoms with van der Waals surface area (Å²) in [5.74, 6) is 0.821. The molecule has 0 aliphatic heterocycles. The lowest BCUT2D eigenvalue weighted by Crippen LogP contribution is -2.17. The normalized spacial score (nSPS) is 16.8. The van der Waals surface area contributed by atoms with Crippen LogP contribution < -0.4 is 5.32 Å². The van der Waals surface area contributed by atoms with Crippen molar-refractivity contribution in [1.29, 1.82) is 0 Å². The van der Waals surface area contributed by atoms with Crippen LogP contribution in [0, 0.1) is 5.92 Å². The zero-order chi connectivity index (χ0) is 11.7. The van der Waals surface area contributed by atoms with E-state index < -0.39 is 0 Å². The van der Waals surface area contributed by atoms with Crippen LogP contribution in [0.3, 0.4) is 0 Å². The molecule has 0 amide bonds. The summed E-state index contributed by atoms with van der Waals surface area (Å²) in [6, 6.07) is 6.40. The third-order valence-electron chi connectivity index (χ3n) is 3.27. The van der Waals surface area contributed by atoms with Crippen LogP contribution in [0.2, 0.25) is 0 Å². The summed E-state index contributed by atoms with van der Waals surface area (Å²) in [6.45, 7) is 2.23. The summed E-state index contributed by atoms with van der Waals surface area (Å²) in [4.78, 5) is 4.34. The van der Waals surface area contributed by atoms with Crippen molar-refractivity contribution < 1.29 is 0 Å². The number of aromatic nitrogens is 3. The molecule has 1 aliphatic rings. The van der Waals surface area contributed by atoms with Crippen LogP contribution >= 0.6 is 0 Å². The van der Waals surface area contributed by atoms with E-state index in [1.165, 1.54) is 12.8 Å². The van der Waals surface area contributed by atoms with Crippen molar-refractivity contribution in [3.63, 3.8) is 0 Å². The molecule has 1 aliphatic carbocycles. The Morgan fingerprint density at radius 1 is 1.41 bits per heavy atom. The first-order chi connectivity index (χ1) is 8.34. The third kappa shape index (κ3) is 2.16. The second kappa shape index (κ2) is 4.20. The van der Waals surface area contributed by atoms with Gasteiger partial charge in [-0.3, -0.25) is 10.1 Å². The highest BCUT2D eigenvalue weighted by atomic mass is 15.1. The van der Waals surface area contributed by atoms with E-state index in [-0.39, 0.29) is 0 Å². The van der Waals surface area contributed by atoms with Crippen LogP contribution in [0.5, 0.6) is 0 Å². The van der Waals surface area contributed by atoms with Crippen molar-refractivity contribution in [3.8, 4) is 11.4 Å². The second-order valence-electron chi connectivity index (χ2n) is 4.64. The van der Waals surface area contributed by atoms with Crippen LogP contribution in [0.4, 0.5) is 5.69 Å². The zero-order valence-electron chi connectivity index (χ0n) is 9.85. The molecule has 0 radical (unpaired) electrons. The number of H-pyrrole nitrogens is 1. The van der Waals surface area contributed by atoms with E-state index in [9.17, 15) is 0 Å². The lowest BCUT2D eigenvalue weighted by molar-refractivity contribution is 0.694. The topological polar surface area (TPSA) is 53.6 Å². The van der Waals surface area contributed by atoms with Crippen molar-refractivity contribution >= 4 is 5.69 Å². The van der Waals surface area contributed by atoms with Crippen molar-refractivity contribution in [1.82, 2.24) is 15.2 Å². The van der Waals surface area contributed by atoms with E-state index in [0.717, 1.165) is 23.0 Å². The summed E-state index contributed by atoms with van der Waals surface area (Å²) in [6.07, 6.45) is 6.31. The van der Waals surface area contributed by atoms with E-state index in [2.05, 4.69) is 27.4 Å². The molecule has 17 heavy (non-hydrogen) atoms. The van der Waals surface area contributed by atoms with Crippen molar-refractivity contribution in [3.05, 3.63) is 30.6 Å². The first-order valence-corrected chi connectivity index (χ1v) is 6.06. The first-order valence-electron chi connectivity index (χ1n) is 6.06. The molecular weight excluding hydrogens is 212 g/mol. The van der Waals surface area contributed by atoms with Gasteiger partial charge in [0.25, 0.3) is 0 Å². The number of aromatic amines is 1. The van der Waals surface area contributed by atoms with Gasteiger partial charge in [0.1, 0.15) is 5.69 Å². The predicted octanol–water partition coefficient (Wildman–Crippen LogP) is 2.68. The number of rotatable bonds is 4. The molecule has 2 heterocycles. The van der Waals surface area contributed by atoms with Gasteiger partial charge in [-0.15, -0.1) is 0 Å². The fourth-order valence-electron chi connectivity index (χ4n) is 2.06. The van der Waals surface area contributed by atoms with Crippen molar-refractivity contribution in [2.45, 2.75) is 25.8 Å². The SMILES string of the molecule is CC(Nc1cn[nH]c1-c1ccccn1)C1CC1. The van der Waals surface area contributed by atoms with Gasteiger partial charge >= 0.3 is 0 Å². The monoisotopic (exact) mass is 228 g/mol. The Morgan fingerprint density at radius 3 is 3.00 bits per heavy atom. The maximum Gasteiger partial charge on any atom is 0.107 e. The molecular formula is C13H16N4. The smallest absolute Gasteiger partial charge is 0.107 e. The van der Waals surface area contributed by atoms with Gasteiger partial charge in [0.05, 0.1) is 17.6 Å². The summed E-state index contributed by atoms with van der Waals surface area (Å²) in [7, 11) is 0. The van der Waals surface area contributed by atoms with Crippen LogP contribution in [0.25, 0.3) is 11.4 Å². The van der Waals surface area contributed by atoms with Gasteiger partial charge in [0.15, 0.2) is 0 Å². The zero-order valence-corrected chi connectivity index (χ0v) is 9.85. The minimum atomic E-state index is 0.509. The predicted molar refractivity (Wildman–Crippen MR) is 67.6 cm³/mol. The molecule has 88 valence electrons. The molecule has 4 heteroatoms. The van der Waals surface area contributed by atoms with Crippen LogP contribution in [0.15, 0.2) is 30.6 Å². The van der Waals surface area contributed by atoms with Gasteiger partial charge in [-0.25, -0.2) is 0 Å². The molecule has 4 nitrogen and oxygen atoms in total. The molecule has 1 atom stereocenters. The average Bonchev–Trinajstić information content (AvgIpc) is 3.12. The molecule has 2 aromatic rings. The number of hydrogen-bond donors (Lipinski definition) is 2. The summed E-state index contributed by atoms with van der Waals surface area (Å²) < 4.78 is 0. The molecule has 0 aromatic carbocycles. The van der Waals surface area contributed by atoms with Crippen molar-refractivity contribution in [2.75, 3.05) is 5.32 Å². The molecule has 1 saturated carbocycles. The molecule has 1 fully saturated rings. The Morgan fingerprint density at radius 2 is 2.29 bits per heavy atom. The Labute approximate surface area is 100 Å². The lowest BCUT2D eigenvalue weighted by atomic mass is 10.2. The van der Waals surface area contributed by atoms with Gasteiger partial charge in [-0.05, 0) is 37.8 Å². The standard InChI is InChI=1S/C13H16N4/c1-9(10-5-6-10)16-12-8-15-17-13(12)11-4-2-3-7-14-11/h2-4,7-10,16H,5-6H2,1H3,(H,15,17). The van der Waals surface area contributed by atoms with E-state index in [0.29, 0.717) is 6.04 Å². The van der Waals surface area contributed by atoms with Gasteiger partial charge in [-0.2, -0.15) is 5.10 Å². The molecule has 1 unspecified atom stereocenters. The Hall–Kier alpha value is -1.84. The molecule has 2 aromatic heterocycles. The maximum atomic E-state index is 4.34. The second-order valence-corrected chi connectivity index (χ2v) is 4.64. The van der Waals surface area contributed by atoms with E-state index in [1.807, 2.05) is 24.4 Å². The Bertz CT molecular complexity index is 487. The molecule has 0 bridgehead atoms. The highest BCUT2D eigenvalue weighted by Gasteiger charge is 2.28. The number of anilines is 1. The number of pyridine rings is 1. The number of nitrogens with zero attached hydrogens (tertiary/aromatic N) is 2. The van der Waals surface area contributed by atoms with E-state index in [1.54, 1.807) is 6.20 Å². The van der Waals surface area contributed by atoms with Crippen LogP contribution in [-0.2, 0) is 0 Å². The van der Waals surface area contributed by atoms with Gasteiger partial charge < -0.3 is 5.32 Å². The largest absolute Gasteiger partial charge is 0.379 e. The lowest BCUT2D eigenvalue weighted by Gasteiger charge is -2.13. The summed E-state index contributed by atoms with van der Waals surface area (Å²) in [5.41, 5.74) is 2.94. The number of nitrogens with one attached hydrogen (secondary N) is 2. The average molecular weight is 228 g/mol.